The molecule has 5 heteroatoms. The van der Waals surface area contributed by atoms with Crippen LogP contribution in [0.2, 0.25) is 0 Å². The van der Waals surface area contributed by atoms with E-state index < -0.39 is 6.67 Å². The first-order valence-corrected chi connectivity index (χ1v) is 15.4. The highest BCUT2D eigenvalue weighted by atomic mass is 19.1. The summed E-state index contributed by atoms with van der Waals surface area (Å²) in [7, 11) is 0. The second-order valence-electron chi connectivity index (χ2n) is 11.6. The number of halogens is 1. The van der Waals surface area contributed by atoms with Gasteiger partial charge in [0.1, 0.15) is 30.9 Å². The molecular weight excluding hydrogens is 523 g/mol. The summed E-state index contributed by atoms with van der Waals surface area (Å²) in [4.78, 5) is 2.47. The van der Waals surface area contributed by atoms with Gasteiger partial charge in [-0.05, 0) is 103 Å². The molecular formula is C37H41FN2O2. The molecule has 0 aliphatic carbocycles. The van der Waals surface area contributed by atoms with E-state index in [1.165, 1.54) is 36.0 Å². The monoisotopic (exact) mass is 564 g/mol. The molecule has 2 aliphatic heterocycles. The molecule has 218 valence electrons. The maximum absolute atomic E-state index is 13.2. The van der Waals surface area contributed by atoms with E-state index >= 15 is 0 Å². The van der Waals surface area contributed by atoms with Crippen LogP contribution in [0.4, 0.5) is 10.1 Å². The third-order valence-electron chi connectivity index (χ3n) is 8.73. The number of benzene rings is 4. The molecule has 1 saturated heterocycles. The highest BCUT2D eigenvalue weighted by molar-refractivity contribution is 5.54. The number of nitrogens with zero attached hydrogens (tertiary/aromatic N) is 1. The molecule has 4 aromatic carbocycles. The van der Waals surface area contributed by atoms with Gasteiger partial charge < -0.3 is 19.7 Å². The van der Waals surface area contributed by atoms with Gasteiger partial charge in [0.05, 0.1) is 6.04 Å². The van der Waals surface area contributed by atoms with Crippen molar-refractivity contribution < 1.29 is 13.9 Å². The second-order valence-corrected chi connectivity index (χ2v) is 11.6. The Labute approximate surface area is 249 Å². The molecule has 1 N–H and O–H groups in total. The van der Waals surface area contributed by atoms with Crippen LogP contribution >= 0.6 is 0 Å². The predicted octanol–water partition coefficient (Wildman–Crippen LogP) is 7.99. The smallest absolute Gasteiger partial charge is 0.120 e. The first-order chi connectivity index (χ1) is 20.7. The van der Waals surface area contributed by atoms with Crippen LogP contribution in [0.3, 0.4) is 0 Å². The van der Waals surface area contributed by atoms with E-state index in [0.717, 1.165) is 48.7 Å². The summed E-state index contributed by atoms with van der Waals surface area (Å²) in [5.41, 5.74) is 6.91. The Bertz CT molecular complexity index is 1420. The predicted molar refractivity (Wildman–Crippen MR) is 168 cm³/mol. The maximum Gasteiger partial charge on any atom is 0.120 e. The van der Waals surface area contributed by atoms with Gasteiger partial charge in [-0.15, -0.1) is 0 Å². The lowest BCUT2D eigenvalue weighted by Crippen LogP contribution is -2.44. The highest BCUT2D eigenvalue weighted by Gasteiger charge is 2.28. The van der Waals surface area contributed by atoms with Crippen LogP contribution in [0.15, 0.2) is 97.1 Å². The van der Waals surface area contributed by atoms with Crippen molar-refractivity contribution in [3.05, 3.63) is 125 Å². The van der Waals surface area contributed by atoms with Crippen LogP contribution < -0.4 is 19.7 Å². The van der Waals surface area contributed by atoms with Crippen LogP contribution in [0.5, 0.6) is 11.5 Å². The fraction of sp³-hybridized carbons (Fsp3) is 0.351. The largest absolute Gasteiger partial charge is 0.489 e. The van der Waals surface area contributed by atoms with Crippen molar-refractivity contribution in [2.45, 2.75) is 70.5 Å². The number of ether oxygens (including phenoxy) is 2. The Morgan fingerprint density at radius 3 is 2.36 bits per heavy atom. The first kappa shape index (κ1) is 28.3. The number of piperidine rings is 1. The standard InChI is InChI=1S/C37H41FN2O2/c1-27(36-9-5-6-21-39-36)42-33-16-12-28(13-17-33)23-37-35-19-18-34(41-26-30-7-3-2-4-8-30)24-31(35)20-22-40(37)32-14-10-29(25-38)11-15-32/h2-4,7-8,10-19,24,27,36-37,39H,5-6,9,20-23,25-26H2,1H3. The Kier molecular flexibility index (Phi) is 9.05. The molecule has 6 rings (SSSR count). The van der Waals surface area contributed by atoms with Gasteiger partial charge in [0, 0.05) is 18.3 Å². The van der Waals surface area contributed by atoms with E-state index in [9.17, 15) is 4.39 Å². The molecule has 0 aromatic heterocycles. The molecule has 0 radical (unpaired) electrons. The Morgan fingerprint density at radius 2 is 1.62 bits per heavy atom. The maximum atomic E-state index is 13.2. The first-order valence-electron chi connectivity index (χ1n) is 15.4. The van der Waals surface area contributed by atoms with E-state index in [2.05, 4.69) is 83.9 Å². The number of hydrogen-bond acceptors (Lipinski definition) is 4. The van der Waals surface area contributed by atoms with Crippen molar-refractivity contribution >= 4 is 5.69 Å². The molecule has 1 fully saturated rings. The highest BCUT2D eigenvalue weighted by Crippen LogP contribution is 2.38. The molecule has 0 amide bonds. The van der Waals surface area contributed by atoms with Crippen LogP contribution in [0.25, 0.3) is 0 Å². The third kappa shape index (κ3) is 6.79. The van der Waals surface area contributed by atoms with Gasteiger partial charge in [-0.25, -0.2) is 4.39 Å². The van der Waals surface area contributed by atoms with Gasteiger partial charge in [-0.2, -0.15) is 0 Å². The van der Waals surface area contributed by atoms with E-state index in [-0.39, 0.29) is 12.1 Å². The third-order valence-corrected chi connectivity index (χ3v) is 8.73. The quantitative estimate of drug-likeness (QED) is 0.212. The average Bonchev–Trinajstić information content (AvgIpc) is 3.05. The molecule has 2 aliphatic rings. The molecule has 0 saturated carbocycles. The molecule has 0 bridgehead atoms. The van der Waals surface area contributed by atoms with Crippen molar-refractivity contribution in [3.63, 3.8) is 0 Å². The summed E-state index contributed by atoms with van der Waals surface area (Å²) in [6.45, 7) is 4.25. The van der Waals surface area contributed by atoms with Crippen molar-refractivity contribution in [3.8, 4) is 11.5 Å². The summed E-state index contributed by atoms with van der Waals surface area (Å²) < 4.78 is 25.7. The zero-order valence-corrected chi connectivity index (χ0v) is 24.5. The van der Waals surface area contributed by atoms with Crippen LogP contribution in [0, 0.1) is 0 Å². The number of alkyl halides is 1. The minimum Gasteiger partial charge on any atom is -0.489 e. The summed E-state index contributed by atoms with van der Waals surface area (Å²) in [5, 5.41) is 3.60. The minimum atomic E-state index is -0.442. The topological polar surface area (TPSA) is 33.7 Å². The number of nitrogens with one attached hydrogen (secondary N) is 1. The van der Waals surface area contributed by atoms with Crippen molar-refractivity contribution in [2.75, 3.05) is 18.0 Å². The SMILES string of the molecule is CC(Oc1ccc(CC2c3ccc(OCc4ccccc4)cc3CCN2c2ccc(CF)cc2)cc1)C1CCCCN1. The molecule has 4 aromatic rings. The van der Waals surface area contributed by atoms with Crippen LogP contribution in [-0.4, -0.2) is 25.2 Å². The Morgan fingerprint density at radius 1 is 0.857 bits per heavy atom. The fourth-order valence-corrected chi connectivity index (χ4v) is 6.33. The van der Waals surface area contributed by atoms with E-state index in [1.807, 2.05) is 30.3 Å². The molecule has 3 atom stereocenters. The van der Waals surface area contributed by atoms with Crippen molar-refractivity contribution in [2.24, 2.45) is 0 Å². The van der Waals surface area contributed by atoms with E-state index in [4.69, 9.17) is 9.47 Å². The van der Waals surface area contributed by atoms with Gasteiger partial charge in [0.15, 0.2) is 0 Å². The van der Waals surface area contributed by atoms with Crippen molar-refractivity contribution in [1.82, 2.24) is 5.32 Å². The molecule has 42 heavy (non-hydrogen) atoms. The van der Waals surface area contributed by atoms with Crippen LogP contribution in [-0.2, 0) is 26.1 Å². The summed E-state index contributed by atoms with van der Waals surface area (Å²) >= 11 is 0. The van der Waals surface area contributed by atoms with Gasteiger partial charge in [0.2, 0.25) is 0 Å². The second kappa shape index (κ2) is 13.4. The fourth-order valence-electron chi connectivity index (χ4n) is 6.33. The number of hydrogen-bond donors (Lipinski definition) is 1. The lowest BCUT2D eigenvalue weighted by atomic mass is 9.88. The summed E-state index contributed by atoms with van der Waals surface area (Å²) in [6.07, 6.45) is 5.62. The normalized spacial score (nSPS) is 19.1. The number of fused-ring (bicyclic) bond motifs is 1. The molecule has 3 unspecified atom stereocenters. The van der Waals surface area contributed by atoms with Gasteiger partial charge >= 0.3 is 0 Å². The lowest BCUT2D eigenvalue weighted by molar-refractivity contribution is 0.152. The van der Waals surface area contributed by atoms with E-state index in [0.29, 0.717) is 18.2 Å². The molecule has 2 heterocycles. The molecule has 4 nitrogen and oxygen atoms in total. The lowest BCUT2D eigenvalue weighted by Gasteiger charge is -2.39. The zero-order chi connectivity index (χ0) is 28.7. The van der Waals surface area contributed by atoms with Crippen molar-refractivity contribution in [1.29, 1.82) is 0 Å². The Balaban J connectivity index is 1.21. The minimum absolute atomic E-state index is 0.141. The zero-order valence-electron chi connectivity index (χ0n) is 24.5. The van der Waals surface area contributed by atoms with Gasteiger partial charge in [-0.1, -0.05) is 67.1 Å². The van der Waals surface area contributed by atoms with Gasteiger partial charge in [-0.3, -0.25) is 0 Å². The Hall–Kier alpha value is -3.83. The molecule has 0 spiro atoms. The summed E-state index contributed by atoms with van der Waals surface area (Å²) in [6, 6.07) is 33.9. The van der Waals surface area contributed by atoms with Gasteiger partial charge in [0.25, 0.3) is 0 Å². The average molecular weight is 565 g/mol. The summed E-state index contributed by atoms with van der Waals surface area (Å²) in [5.74, 6) is 1.82. The van der Waals surface area contributed by atoms with Crippen LogP contribution in [0.1, 0.15) is 60.0 Å². The number of rotatable bonds is 10. The number of anilines is 1. The van der Waals surface area contributed by atoms with E-state index in [1.54, 1.807) is 0 Å².